The number of aromatic amines is 1. The monoisotopic (exact) mass is 462 g/mol. The fourth-order valence-electron chi connectivity index (χ4n) is 4.81. The predicted molar refractivity (Wildman–Crippen MR) is 129 cm³/mol. The number of carbonyl (C=O) groups excluding carboxylic acids is 1. The summed E-state index contributed by atoms with van der Waals surface area (Å²) in [6.07, 6.45) is 7.26. The van der Waals surface area contributed by atoms with E-state index in [0.717, 1.165) is 59.6 Å². The minimum Gasteiger partial charge on any atom is -0.493 e. The molecule has 0 aliphatic carbocycles. The van der Waals surface area contributed by atoms with Crippen molar-refractivity contribution in [2.24, 2.45) is 0 Å². The zero-order chi connectivity index (χ0) is 23.8. The molecule has 0 aromatic carbocycles. The number of rotatable bonds is 6. The summed E-state index contributed by atoms with van der Waals surface area (Å²) >= 11 is 0. The number of H-pyrrole nitrogens is 1. The average Bonchev–Trinajstić information content (AvgIpc) is 3.48. The molecule has 34 heavy (non-hydrogen) atoms. The quantitative estimate of drug-likeness (QED) is 0.453. The third-order valence-electron chi connectivity index (χ3n) is 6.62. The first-order chi connectivity index (χ1) is 16.5. The van der Waals surface area contributed by atoms with Crippen LogP contribution in [0.1, 0.15) is 49.9 Å². The van der Waals surface area contributed by atoms with Crippen LogP contribution in [-0.2, 0) is 4.79 Å². The maximum absolute atomic E-state index is 11.7. The second-order valence-electron chi connectivity index (χ2n) is 9.11. The Morgan fingerprint density at radius 1 is 1.29 bits per heavy atom. The van der Waals surface area contributed by atoms with Crippen LogP contribution >= 0.6 is 0 Å². The molecule has 1 aliphatic rings. The van der Waals surface area contributed by atoms with Crippen molar-refractivity contribution >= 4 is 22.6 Å². The molecule has 2 N–H and O–H groups in total. The van der Waals surface area contributed by atoms with Gasteiger partial charge in [0.15, 0.2) is 11.4 Å². The zero-order valence-electron chi connectivity index (χ0n) is 20.0. The number of likely N-dealkylation sites (tertiary alicyclic amines) is 1. The van der Waals surface area contributed by atoms with E-state index in [9.17, 15) is 4.79 Å². The predicted octanol–water partition coefficient (Wildman–Crippen LogP) is 2.72. The number of carbonyl (C=O) groups is 1. The number of nitrogens with one attached hydrogen (secondary N) is 2. The Labute approximate surface area is 197 Å². The lowest BCUT2D eigenvalue weighted by atomic mass is 9.95. The molecule has 1 saturated heterocycles. The first-order valence-electron chi connectivity index (χ1n) is 11.7. The van der Waals surface area contributed by atoms with E-state index in [4.69, 9.17) is 14.7 Å². The largest absolute Gasteiger partial charge is 0.493 e. The average molecular weight is 463 g/mol. The summed E-state index contributed by atoms with van der Waals surface area (Å²) in [5.41, 5.74) is 5.65. The van der Waals surface area contributed by atoms with Crippen molar-refractivity contribution in [1.29, 1.82) is 0 Å². The highest BCUT2D eigenvalue weighted by Crippen LogP contribution is 2.37. The van der Waals surface area contributed by atoms with Crippen LogP contribution < -0.4 is 10.1 Å². The van der Waals surface area contributed by atoms with Crippen LogP contribution in [0.5, 0.6) is 5.75 Å². The molecule has 0 bridgehead atoms. The molecule has 5 heterocycles. The topological polar surface area (TPSA) is 113 Å². The second kappa shape index (κ2) is 9.02. The van der Waals surface area contributed by atoms with Gasteiger partial charge < -0.3 is 15.0 Å². The Morgan fingerprint density at radius 3 is 2.79 bits per heavy atom. The lowest BCUT2D eigenvalue weighted by molar-refractivity contribution is -0.122. The third kappa shape index (κ3) is 3.98. The molecule has 10 nitrogen and oxygen atoms in total. The van der Waals surface area contributed by atoms with Crippen LogP contribution in [0.3, 0.4) is 0 Å². The summed E-state index contributed by atoms with van der Waals surface area (Å²) in [5.74, 6) is 2.13. The fourth-order valence-corrected chi connectivity index (χ4v) is 4.81. The van der Waals surface area contributed by atoms with Crippen LogP contribution in [0, 0.1) is 0 Å². The fraction of sp³-hybridized carbons (Fsp3) is 0.458. The molecular weight excluding hydrogens is 432 g/mol. The molecule has 1 fully saturated rings. The maximum atomic E-state index is 11.7. The summed E-state index contributed by atoms with van der Waals surface area (Å²) in [6.45, 7) is 6.54. The molecule has 1 amide bonds. The summed E-state index contributed by atoms with van der Waals surface area (Å²) in [7, 11) is 3.32. The van der Waals surface area contributed by atoms with Gasteiger partial charge in [0.1, 0.15) is 12.2 Å². The van der Waals surface area contributed by atoms with Gasteiger partial charge in [-0.05, 0) is 37.9 Å². The van der Waals surface area contributed by atoms with Gasteiger partial charge in [0.05, 0.1) is 36.6 Å². The number of ether oxygens (including phenoxy) is 1. The zero-order valence-corrected chi connectivity index (χ0v) is 20.0. The molecule has 1 aliphatic heterocycles. The number of aromatic nitrogens is 6. The van der Waals surface area contributed by atoms with Crippen molar-refractivity contribution in [2.45, 2.75) is 38.5 Å². The van der Waals surface area contributed by atoms with Gasteiger partial charge in [-0.25, -0.2) is 19.5 Å². The van der Waals surface area contributed by atoms with Crippen molar-refractivity contribution in [3.8, 4) is 17.0 Å². The summed E-state index contributed by atoms with van der Waals surface area (Å²) in [6, 6.07) is 1.98. The molecular formula is C24H30N8O2. The Morgan fingerprint density at radius 2 is 2.09 bits per heavy atom. The van der Waals surface area contributed by atoms with Gasteiger partial charge in [0.25, 0.3) is 0 Å². The van der Waals surface area contributed by atoms with Crippen molar-refractivity contribution in [3.63, 3.8) is 0 Å². The van der Waals surface area contributed by atoms with Crippen LogP contribution in [0.2, 0.25) is 0 Å². The smallest absolute Gasteiger partial charge is 0.233 e. The number of amides is 1. The summed E-state index contributed by atoms with van der Waals surface area (Å²) < 4.78 is 7.30. The number of pyridine rings is 1. The molecule has 0 radical (unpaired) electrons. The Balaban J connectivity index is 1.49. The van der Waals surface area contributed by atoms with Crippen molar-refractivity contribution in [2.75, 3.05) is 33.8 Å². The van der Waals surface area contributed by atoms with Crippen LogP contribution in [-0.4, -0.2) is 74.1 Å². The first kappa shape index (κ1) is 22.3. The summed E-state index contributed by atoms with van der Waals surface area (Å²) in [4.78, 5) is 31.5. The number of nitrogens with zero attached hydrogens (tertiary/aromatic N) is 6. The van der Waals surface area contributed by atoms with E-state index in [-0.39, 0.29) is 17.7 Å². The Kier molecular flexibility index (Phi) is 5.91. The van der Waals surface area contributed by atoms with Crippen LogP contribution in [0.4, 0.5) is 0 Å². The van der Waals surface area contributed by atoms with Crippen molar-refractivity contribution < 1.29 is 9.53 Å². The number of likely N-dealkylation sites (N-methyl/N-ethyl adjacent to an activating group) is 1. The third-order valence-corrected chi connectivity index (χ3v) is 6.62. The normalized spacial score (nSPS) is 15.4. The van der Waals surface area contributed by atoms with Gasteiger partial charge in [0, 0.05) is 30.3 Å². The van der Waals surface area contributed by atoms with E-state index < -0.39 is 0 Å². The minimum absolute atomic E-state index is 0.0539. The molecule has 0 spiro atoms. The second-order valence-corrected chi connectivity index (χ2v) is 9.11. The van der Waals surface area contributed by atoms with Crippen LogP contribution in [0.15, 0.2) is 24.8 Å². The molecule has 178 valence electrons. The maximum Gasteiger partial charge on any atom is 0.233 e. The molecule has 4 aromatic heterocycles. The molecule has 0 atom stereocenters. The summed E-state index contributed by atoms with van der Waals surface area (Å²) in [5, 5.41) is 7.00. The standard InChI is InChI=1S/C24H30N8O2/c1-14(2)20-21(16-9-18(34-4)24-27-13-28-32(24)11-16)29-17-10-26-23(30-22(17)20)15-5-7-31(8-6-15)12-19(33)25-3/h9-11,13-15,29H,5-8,12H2,1-4H3,(H,25,33). The number of methoxy groups -OCH3 is 1. The first-order valence-corrected chi connectivity index (χ1v) is 11.7. The SMILES string of the molecule is CNC(=O)CN1CCC(c2ncc3[nH]c(-c4cc(OC)c5ncnn5c4)c(C(C)C)c3n2)CC1. The molecule has 0 saturated carbocycles. The van der Waals surface area contributed by atoms with Gasteiger partial charge >= 0.3 is 0 Å². The van der Waals surface area contributed by atoms with E-state index in [1.807, 2.05) is 18.5 Å². The molecule has 0 unspecified atom stereocenters. The molecule has 5 rings (SSSR count). The van der Waals surface area contributed by atoms with Crippen LogP contribution in [0.25, 0.3) is 27.9 Å². The highest BCUT2D eigenvalue weighted by Gasteiger charge is 2.26. The number of fused-ring (bicyclic) bond motifs is 2. The van der Waals surface area contributed by atoms with E-state index in [2.05, 4.69) is 39.1 Å². The Bertz CT molecular complexity index is 1330. The van der Waals surface area contributed by atoms with E-state index in [1.165, 1.54) is 6.33 Å². The van der Waals surface area contributed by atoms with Gasteiger partial charge in [0.2, 0.25) is 5.91 Å². The number of piperidine rings is 1. The lowest BCUT2D eigenvalue weighted by Crippen LogP contribution is -2.40. The van der Waals surface area contributed by atoms with E-state index in [0.29, 0.717) is 17.9 Å². The lowest BCUT2D eigenvalue weighted by Gasteiger charge is -2.30. The molecule has 10 heteroatoms. The van der Waals surface area contributed by atoms with Crippen molar-refractivity contribution in [3.05, 3.63) is 36.2 Å². The van der Waals surface area contributed by atoms with Crippen molar-refractivity contribution in [1.82, 2.24) is 39.8 Å². The van der Waals surface area contributed by atoms with Gasteiger partial charge in [-0.2, -0.15) is 5.10 Å². The van der Waals surface area contributed by atoms with Gasteiger partial charge in [-0.15, -0.1) is 0 Å². The Hall–Kier alpha value is -3.53. The van der Waals surface area contributed by atoms with Gasteiger partial charge in [-0.3, -0.25) is 9.69 Å². The highest BCUT2D eigenvalue weighted by molar-refractivity contribution is 5.88. The van der Waals surface area contributed by atoms with E-state index in [1.54, 1.807) is 18.7 Å². The minimum atomic E-state index is 0.0539. The number of hydrogen-bond donors (Lipinski definition) is 2. The van der Waals surface area contributed by atoms with Gasteiger partial charge in [-0.1, -0.05) is 13.8 Å². The highest BCUT2D eigenvalue weighted by atomic mass is 16.5. The molecule has 4 aromatic rings. The number of hydrogen-bond acceptors (Lipinski definition) is 7. The van der Waals surface area contributed by atoms with E-state index >= 15 is 0 Å².